The summed E-state index contributed by atoms with van der Waals surface area (Å²) >= 11 is 0. The lowest BCUT2D eigenvalue weighted by Gasteiger charge is -2.30. The van der Waals surface area contributed by atoms with Crippen LogP contribution in [0.5, 0.6) is 0 Å². The normalized spacial score (nSPS) is 17.7. The van der Waals surface area contributed by atoms with E-state index in [1.807, 2.05) is 0 Å². The van der Waals surface area contributed by atoms with Crippen LogP contribution in [-0.4, -0.2) is 47.6 Å². The van der Waals surface area contributed by atoms with Gasteiger partial charge in [0.1, 0.15) is 0 Å². The third-order valence-corrected chi connectivity index (χ3v) is 4.29. The van der Waals surface area contributed by atoms with Crippen LogP contribution in [0, 0.1) is 5.92 Å². The summed E-state index contributed by atoms with van der Waals surface area (Å²) in [4.78, 5) is 24.7. The minimum absolute atomic E-state index is 0.0965. The molecule has 0 radical (unpaired) electrons. The van der Waals surface area contributed by atoms with Gasteiger partial charge in [0.25, 0.3) is 0 Å². The molecule has 0 spiro atoms. The molecule has 0 aromatic heterocycles. The van der Waals surface area contributed by atoms with Gasteiger partial charge in [-0.1, -0.05) is 32.6 Å². The van der Waals surface area contributed by atoms with E-state index in [2.05, 4.69) is 19.2 Å². The molecule has 0 bridgehead atoms. The second kappa shape index (κ2) is 9.77. The standard InChI is InChI=1S/C16H30N2O3/c1-3-4-5-6-7-13(2)17-12-15(19)18-10-8-14(9-11-18)16(20)21/h13-14,17H,3-12H2,1-2H3,(H,20,21). The molecule has 1 heterocycles. The first-order valence-corrected chi connectivity index (χ1v) is 8.28. The molecule has 5 heteroatoms. The van der Waals surface area contributed by atoms with Crippen molar-refractivity contribution in [1.82, 2.24) is 10.2 Å². The van der Waals surface area contributed by atoms with Crippen LogP contribution in [0.1, 0.15) is 58.8 Å². The molecule has 1 aliphatic rings. The highest BCUT2D eigenvalue weighted by Crippen LogP contribution is 2.17. The van der Waals surface area contributed by atoms with Gasteiger partial charge in [-0.2, -0.15) is 0 Å². The average Bonchev–Trinajstić information content (AvgIpc) is 2.49. The van der Waals surface area contributed by atoms with Crippen molar-refractivity contribution in [3.63, 3.8) is 0 Å². The zero-order valence-electron chi connectivity index (χ0n) is 13.4. The van der Waals surface area contributed by atoms with Crippen LogP contribution in [0.25, 0.3) is 0 Å². The Balaban J connectivity index is 2.15. The highest BCUT2D eigenvalue weighted by molar-refractivity contribution is 5.79. The summed E-state index contributed by atoms with van der Waals surface area (Å²) in [6.07, 6.45) is 7.26. The van der Waals surface area contributed by atoms with Gasteiger partial charge in [0.05, 0.1) is 12.5 Å². The van der Waals surface area contributed by atoms with Crippen molar-refractivity contribution < 1.29 is 14.7 Å². The lowest BCUT2D eigenvalue weighted by atomic mass is 9.97. The summed E-state index contributed by atoms with van der Waals surface area (Å²) in [6, 6.07) is 0.363. The number of carbonyl (C=O) groups is 2. The molecule has 5 nitrogen and oxygen atoms in total. The van der Waals surface area contributed by atoms with Gasteiger partial charge < -0.3 is 15.3 Å². The summed E-state index contributed by atoms with van der Waals surface area (Å²) < 4.78 is 0. The van der Waals surface area contributed by atoms with Crippen molar-refractivity contribution in [2.24, 2.45) is 5.92 Å². The smallest absolute Gasteiger partial charge is 0.306 e. The lowest BCUT2D eigenvalue weighted by molar-refractivity contribution is -0.145. The van der Waals surface area contributed by atoms with E-state index in [0.717, 1.165) is 6.42 Å². The summed E-state index contributed by atoms with van der Waals surface area (Å²) in [6.45, 7) is 5.83. The number of amides is 1. The predicted molar refractivity (Wildman–Crippen MR) is 83.2 cm³/mol. The van der Waals surface area contributed by atoms with Crippen LogP contribution < -0.4 is 5.32 Å². The largest absolute Gasteiger partial charge is 0.481 e. The van der Waals surface area contributed by atoms with E-state index in [9.17, 15) is 9.59 Å². The van der Waals surface area contributed by atoms with Gasteiger partial charge in [0, 0.05) is 19.1 Å². The minimum atomic E-state index is -0.735. The first-order valence-electron chi connectivity index (χ1n) is 8.28. The van der Waals surface area contributed by atoms with E-state index < -0.39 is 5.97 Å². The number of carbonyl (C=O) groups excluding carboxylic acids is 1. The van der Waals surface area contributed by atoms with Gasteiger partial charge in [-0.15, -0.1) is 0 Å². The second-order valence-corrected chi connectivity index (χ2v) is 6.12. The van der Waals surface area contributed by atoms with Crippen molar-refractivity contribution >= 4 is 11.9 Å². The number of aliphatic carboxylic acids is 1. The summed E-state index contributed by atoms with van der Waals surface area (Å²) in [5.41, 5.74) is 0. The van der Waals surface area contributed by atoms with Crippen LogP contribution in [0.15, 0.2) is 0 Å². The molecular formula is C16H30N2O3. The molecule has 1 amide bonds. The SMILES string of the molecule is CCCCCCC(C)NCC(=O)N1CCC(C(=O)O)CC1. The van der Waals surface area contributed by atoms with Gasteiger partial charge in [-0.05, 0) is 26.2 Å². The van der Waals surface area contributed by atoms with E-state index in [4.69, 9.17) is 5.11 Å². The molecule has 1 atom stereocenters. The number of hydrogen-bond acceptors (Lipinski definition) is 3. The molecule has 2 N–H and O–H groups in total. The van der Waals surface area contributed by atoms with Crippen LogP contribution >= 0.6 is 0 Å². The molecule has 0 aliphatic carbocycles. The highest BCUT2D eigenvalue weighted by Gasteiger charge is 2.26. The van der Waals surface area contributed by atoms with E-state index >= 15 is 0 Å². The van der Waals surface area contributed by atoms with Gasteiger partial charge in [-0.25, -0.2) is 0 Å². The molecule has 21 heavy (non-hydrogen) atoms. The van der Waals surface area contributed by atoms with Crippen molar-refractivity contribution in [2.45, 2.75) is 64.8 Å². The van der Waals surface area contributed by atoms with Crippen molar-refractivity contribution in [3.05, 3.63) is 0 Å². The zero-order valence-corrected chi connectivity index (χ0v) is 13.4. The first-order chi connectivity index (χ1) is 10.0. The van der Waals surface area contributed by atoms with E-state index in [-0.39, 0.29) is 11.8 Å². The maximum atomic E-state index is 12.1. The molecular weight excluding hydrogens is 268 g/mol. The average molecular weight is 298 g/mol. The highest BCUT2D eigenvalue weighted by atomic mass is 16.4. The van der Waals surface area contributed by atoms with Crippen LogP contribution in [0.3, 0.4) is 0 Å². The van der Waals surface area contributed by atoms with E-state index in [1.165, 1.54) is 25.7 Å². The maximum Gasteiger partial charge on any atom is 0.306 e. The Morgan fingerprint density at radius 3 is 2.48 bits per heavy atom. The molecule has 1 aliphatic heterocycles. The number of nitrogens with one attached hydrogen (secondary N) is 1. The zero-order chi connectivity index (χ0) is 15.7. The van der Waals surface area contributed by atoms with E-state index in [1.54, 1.807) is 4.90 Å². The van der Waals surface area contributed by atoms with Crippen LogP contribution in [-0.2, 0) is 9.59 Å². The fraction of sp³-hybridized carbons (Fsp3) is 0.875. The van der Waals surface area contributed by atoms with Crippen LogP contribution in [0.2, 0.25) is 0 Å². The van der Waals surface area contributed by atoms with Crippen molar-refractivity contribution in [3.8, 4) is 0 Å². The molecule has 122 valence electrons. The minimum Gasteiger partial charge on any atom is -0.481 e. The molecule has 1 fully saturated rings. The molecule has 1 rings (SSSR count). The van der Waals surface area contributed by atoms with Gasteiger partial charge in [-0.3, -0.25) is 9.59 Å². The van der Waals surface area contributed by atoms with Crippen molar-refractivity contribution in [1.29, 1.82) is 0 Å². The third-order valence-electron chi connectivity index (χ3n) is 4.29. The summed E-state index contributed by atoms with van der Waals surface area (Å²) in [5, 5.41) is 12.2. The molecule has 1 saturated heterocycles. The Labute approximate surface area is 128 Å². The quantitative estimate of drug-likeness (QED) is 0.641. The topological polar surface area (TPSA) is 69.6 Å². The molecule has 1 unspecified atom stereocenters. The van der Waals surface area contributed by atoms with Crippen molar-refractivity contribution in [2.75, 3.05) is 19.6 Å². The number of carboxylic acid groups (broad SMARTS) is 1. The second-order valence-electron chi connectivity index (χ2n) is 6.12. The first kappa shape index (κ1) is 18.0. The number of nitrogens with zero attached hydrogens (tertiary/aromatic N) is 1. The van der Waals surface area contributed by atoms with Gasteiger partial charge in [0.2, 0.25) is 5.91 Å². The molecule has 0 aromatic rings. The number of rotatable bonds is 9. The Morgan fingerprint density at radius 1 is 1.24 bits per heavy atom. The number of hydrogen-bond donors (Lipinski definition) is 2. The number of likely N-dealkylation sites (tertiary alicyclic amines) is 1. The number of piperidine rings is 1. The fourth-order valence-electron chi connectivity index (χ4n) is 2.73. The Bertz CT molecular complexity index is 325. The molecule has 0 saturated carbocycles. The van der Waals surface area contributed by atoms with Crippen LogP contribution in [0.4, 0.5) is 0 Å². The third kappa shape index (κ3) is 6.93. The Hall–Kier alpha value is -1.10. The number of carboxylic acids is 1. The fourth-order valence-corrected chi connectivity index (χ4v) is 2.73. The Kier molecular flexibility index (Phi) is 8.35. The number of unbranched alkanes of at least 4 members (excludes halogenated alkanes) is 3. The molecule has 0 aromatic carbocycles. The Morgan fingerprint density at radius 2 is 1.90 bits per heavy atom. The summed E-state index contributed by atoms with van der Waals surface area (Å²) in [7, 11) is 0. The lowest BCUT2D eigenvalue weighted by Crippen LogP contribution is -2.45. The van der Waals surface area contributed by atoms with Gasteiger partial charge in [0.15, 0.2) is 0 Å². The monoisotopic (exact) mass is 298 g/mol. The van der Waals surface area contributed by atoms with E-state index in [0.29, 0.717) is 38.5 Å². The maximum absolute atomic E-state index is 12.1. The van der Waals surface area contributed by atoms with Gasteiger partial charge >= 0.3 is 5.97 Å². The predicted octanol–water partition coefficient (Wildman–Crippen LogP) is 2.26. The summed E-state index contributed by atoms with van der Waals surface area (Å²) in [5.74, 6) is -0.917.